The van der Waals surface area contributed by atoms with Crippen LogP contribution in [0.2, 0.25) is 0 Å². The van der Waals surface area contributed by atoms with Crippen molar-refractivity contribution in [2.45, 2.75) is 24.3 Å². The minimum absolute atomic E-state index is 0.0841. The van der Waals surface area contributed by atoms with Crippen LogP contribution < -0.4 is 14.5 Å². The highest BCUT2D eigenvalue weighted by Gasteiger charge is 2.38. The van der Waals surface area contributed by atoms with Crippen LogP contribution in [-0.4, -0.2) is 63.0 Å². The summed E-state index contributed by atoms with van der Waals surface area (Å²) < 4.78 is 27.6. The third kappa shape index (κ3) is 4.53. The summed E-state index contributed by atoms with van der Waals surface area (Å²) >= 11 is 1.22. The van der Waals surface area contributed by atoms with Crippen molar-refractivity contribution in [2.24, 2.45) is 0 Å². The lowest BCUT2D eigenvalue weighted by atomic mass is 10.1. The number of rotatable bonds is 6. The highest BCUT2D eigenvalue weighted by molar-refractivity contribution is 7.93. The first kappa shape index (κ1) is 22.8. The molecular weight excluding hydrogens is 470 g/mol. The summed E-state index contributed by atoms with van der Waals surface area (Å²) in [6.45, 7) is 6.24. The van der Waals surface area contributed by atoms with Crippen molar-refractivity contribution >= 4 is 43.8 Å². The predicted octanol–water partition coefficient (Wildman–Crippen LogP) is 3.18. The number of para-hydroxylation sites is 1. The molecule has 8 nitrogen and oxygen atoms in total. The van der Waals surface area contributed by atoms with Crippen molar-refractivity contribution in [1.29, 1.82) is 0 Å². The van der Waals surface area contributed by atoms with E-state index in [1.165, 1.54) is 34.7 Å². The molecule has 3 heterocycles. The predicted molar refractivity (Wildman–Crippen MR) is 135 cm³/mol. The molecule has 0 radical (unpaired) electrons. The van der Waals surface area contributed by atoms with Crippen LogP contribution in [0.15, 0.2) is 65.0 Å². The molecule has 2 fully saturated rings. The number of anilines is 3. The Balaban J connectivity index is 1.22. The van der Waals surface area contributed by atoms with Gasteiger partial charge in [-0.15, -0.1) is 11.3 Å². The van der Waals surface area contributed by atoms with Crippen molar-refractivity contribution in [3.05, 3.63) is 65.7 Å². The van der Waals surface area contributed by atoms with E-state index in [0.717, 1.165) is 38.3 Å². The van der Waals surface area contributed by atoms with Crippen LogP contribution >= 0.6 is 11.3 Å². The molecule has 1 N–H and O–H groups in total. The number of amides is 1. The molecule has 10 heteroatoms. The Bertz CT molecular complexity index is 1250. The summed E-state index contributed by atoms with van der Waals surface area (Å²) in [4.78, 5) is 23.8. The second-order valence-corrected chi connectivity index (χ2v) is 11.1. The maximum atomic E-state index is 13.2. The number of piperazine rings is 1. The molecule has 2 aromatic carbocycles. The van der Waals surface area contributed by atoms with Crippen LogP contribution in [-0.2, 0) is 14.8 Å². The Labute approximate surface area is 203 Å². The van der Waals surface area contributed by atoms with Gasteiger partial charge in [0.2, 0.25) is 5.91 Å². The lowest BCUT2D eigenvalue weighted by molar-refractivity contribution is -0.121. The summed E-state index contributed by atoms with van der Waals surface area (Å²) in [7, 11) is -3.71. The van der Waals surface area contributed by atoms with Crippen molar-refractivity contribution < 1.29 is 13.2 Å². The Morgan fingerprint density at radius 1 is 1.00 bits per heavy atom. The molecule has 5 rings (SSSR count). The van der Waals surface area contributed by atoms with E-state index in [1.807, 2.05) is 0 Å². The maximum Gasteiger partial charge on any atom is 0.263 e. The number of hydrogen-bond donors (Lipinski definition) is 1. The molecule has 1 aromatic heterocycles. The van der Waals surface area contributed by atoms with Gasteiger partial charge in [-0.1, -0.05) is 18.2 Å². The number of aromatic nitrogens is 1. The van der Waals surface area contributed by atoms with Crippen molar-refractivity contribution in [3.8, 4) is 0 Å². The second kappa shape index (κ2) is 9.36. The zero-order valence-electron chi connectivity index (χ0n) is 18.9. The minimum Gasteiger partial charge on any atom is -0.369 e. The molecule has 3 aromatic rings. The lowest BCUT2D eigenvalue weighted by Crippen LogP contribution is -2.52. The van der Waals surface area contributed by atoms with E-state index < -0.39 is 10.0 Å². The van der Waals surface area contributed by atoms with Crippen LogP contribution in [0.1, 0.15) is 12.0 Å². The number of nitrogens with one attached hydrogen (secondary N) is 1. The SMILES string of the molecule is Cc1ccccc1N1CCN([C@H]2CCN(c3ccc(S(=O)(=O)Nc4nccs4)cc3)C2=O)CC1. The average molecular weight is 498 g/mol. The number of hydrogen-bond acceptors (Lipinski definition) is 7. The monoisotopic (exact) mass is 497 g/mol. The summed E-state index contributed by atoms with van der Waals surface area (Å²) in [5.74, 6) is 0.0841. The molecule has 2 aliphatic heterocycles. The fraction of sp³-hybridized carbons (Fsp3) is 0.333. The molecule has 0 aliphatic carbocycles. The highest BCUT2D eigenvalue weighted by atomic mass is 32.2. The first-order valence-electron chi connectivity index (χ1n) is 11.3. The van der Waals surface area contributed by atoms with Crippen molar-refractivity contribution in [2.75, 3.05) is 47.2 Å². The van der Waals surface area contributed by atoms with Crippen molar-refractivity contribution in [3.63, 3.8) is 0 Å². The number of benzene rings is 2. The van der Waals surface area contributed by atoms with Gasteiger partial charge in [0.05, 0.1) is 10.9 Å². The molecule has 34 heavy (non-hydrogen) atoms. The van der Waals surface area contributed by atoms with E-state index in [9.17, 15) is 13.2 Å². The van der Waals surface area contributed by atoms with E-state index >= 15 is 0 Å². The van der Waals surface area contributed by atoms with Gasteiger partial charge in [0.25, 0.3) is 10.0 Å². The van der Waals surface area contributed by atoms with E-state index in [2.05, 4.69) is 50.7 Å². The summed E-state index contributed by atoms with van der Waals surface area (Å²) in [6, 6.07) is 14.8. The minimum atomic E-state index is -3.71. The molecule has 0 saturated carbocycles. The van der Waals surface area contributed by atoms with E-state index in [0.29, 0.717) is 11.7 Å². The van der Waals surface area contributed by atoms with Crippen LogP contribution in [0.4, 0.5) is 16.5 Å². The molecule has 2 saturated heterocycles. The van der Waals surface area contributed by atoms with E-state index in [-0.39, 0.29) is 16.8 Å². The molecule has 0 bridgehead atoms. The third-order valence-electron chi connectivity index (χ3n) is 6.50. The molecule has 0 unspecified atom stereocenters. The number of sulfonamides is 1. The fourth-order valence-electron chi connectivity index (χ4n) is 4.71. The van der Waals surface area contributed by atoms with Gasteiger partial charge in [-0.05, 0) is 49.2 Å². The Morgan fingerprint density at radius 2 is 1.74 bits per heavy atom. The normalized spacial score (nSPS) is 19.6. The van der Waals surface area contributed by atoms with Gasteiger partial charge in [0, 0.05) is 55.7 Å². The largest absolute Gasteiger partial charge is 0.369 e. The van der Waals surface area contributed by atoms with E-state index in [1.54, 1.807) is 28.6 Å². The smallest absolute Gasteiger partial charge is 0.263 e. The van der Waals surface area contributed by atoms with Crippen molar-refractivity contribution in [1.82, 2.24) is 9.88 Å². The zero-order chi connectivity index (χ0) is 23.7. The van der Waals surface area contributed by atoms with E-state index in [4.69, 9.17) is 0 Å². The van der Waals surface area contributed by atoms with Gasteiger partial charge in [-0.3, -0.25) is 14.4 Å². The van der Waals surface area contributed by atoms with Crippen LogP contribution in [0.25, 0.3) is 0 Å². The molecule has 1 amide bonds. The van der Waals surface area contributed by atoms with Crippen LogP contribution in [0, 0.1) is 6.92 Å². The molecule has 0 spiro atoms. The Hall–Kier alpha value is -2.95. The summed E-state index contributed by atoms with van der Waals surface area (Å²) in [5.41, 5.74) is 3.26. The highest BCUT2D eigenvalue weighted by Crippen LogP contribution is 2.28. The van der Waals surface area contributed by atoms with Crippen LogP contribution in [0.5, 0.6) is 0 Å². The standard InChI is InChI=1S/C24H27N5O3S2/c1-18-4-2-3-5-21(18)27-13-15-28(16-14-27)22-10-12-29(23(22)30)19-6-8-20(9-7-19)34(31,32)26-24-25-11-17-33-24/h2-9,11,17,22H,10,12-16H2,1H3,(H,25,26)/t22-/m0/s1. The first-order valence-corrected chi connectivity index (χ1v) is 13.7. The maximum absolute atomic E-state index is 13.2. The van der Waals surface area contributed by atoms with Crippen LogP contribution in [0.3, 0.4) is 0 Å². The fourth-order valence-corrected chi connectivity index (χ4v) is 6.49. The topological polar surface area (TPSA) is 85.8 Å². The quantitative estimate of drug-likeness (QED) is 0.563. The van der Waals surface area contributed by atoms with Gasteiger partial charge in [0.1, 0.15) is 0 Å². The molecule has 178 valence electrons. The third-order valence-corrected chi connectivity index (χ3v) is 8.67. The van der Waals surface area contributed by atoms with Gasteiger partial charge in [-0.2, -0.15) is 0 Å². The Kier molecular flexibility index (Phi) is 6.28. The van der Waals surface area contributed by atoms with Gasteiger partial charge < -0.3 is 9.80 Å². The Morgan fingerprint density at radius 3 is 2.41 bits per heavy atom. The van der Waals surface area contributed by atoms with Gasteiger partial charge in [0.15, 0.2) is 5.13 Å². The molecule has 1 atom stereocenters. The summed E-state index contributed by atoms with van der Waals surface area (Å²) in [6.07, 6.45) is 2.32. The molecular formula is C24H27N5O3S2. The first-order chi connectivity index (χ1) is 16.4. The second-order valence-electron chi connectivity index (χ2n) is 8.54. The number of thiazole rings is 1. The number of carbonyl (C=O) groups excluding carboxylic acids is 1. The number of carbonyl (C=O) groups is 1. The summed E-state index contributed by atoms with van der Waals surface area (Å²) in [5, 5.41) is 2.03. The molecule has 2 aliphatic rings. The number of nitrogens with zero attached hydrogens (tertiary/aromatic N) is 4. The number of aryl methyl sites for hydroxylation is 1. The zero-order valence-corrected chi connectivity index (χ0v) is 20.6. The van der Waals surface area contributed by atoms with Gasteiger partial charge in [-0.25, -0.2) is 13.4 Å². The van der Waals surface area contributed by atoms with Gasteiger partial charge >= 0.3 is 0 Å². The average Bonchev–Trinajstić information content (AvgIpc) is 3.49. The lowest BCUT2D eigenvalue weighted by Gasteiger charge is -2.39.